The SMILES string of the molecule is Cc1cnc(C(=O)N[C@H]2CCCC[C@@H]2O)cc1Cc1ccc(-n2cccn2)cc1F. The molecule has 4 rings (SSSR count). The Morgan fingerprint density at radius 2 is 2.10 bits per heavy atom. The zero-order valence-electron chi connectivity index (χ0n) is 16.9. The van der Waals surface area contributed by atoms with Crippen molar-refractivity contribution in [3.63, 3.8) is 0 Å². The van der Waals surface area contributed by atoms with Gasteiger partial charge in [0, 0.05) is 25.0 Å². The fourth-order valence-corrected chi connectivity index (χ4v) is 3.85. The van der Waals surface area contributed by atoms with E-state index < -0.39 is 6.10 Å². The number of amides is 1. The molecule has 2 atom stereocenters. The lowest BCUT2D eigenvalue weighted by atomic mass is 9.92. The summed E-state index contributed by atoms with van der Waals surface area (Å²) in [6, 6.07) is 8.26. The van der Waals surface area contributed by atoms with Crippen LogP contribution in [0.5, 0.6) is 0 Å². The summed E-state index contributed by atoms with van der Waals surface area (Å²) < 4.78 is 16.3. The van der Waals surface area contributed by atoms with Crippen molar-refractivity contribution < 1.29 is 14.3 Å². The number of carbonyl (C=O) groups excluding carboxylic acids is 1. The molecule has 7 heteroatoms. The first-order valence-corrected chi connectivity index (χ1v) is 10.2. The Bertz CT molecular complexity index is 1040. The molecule has 3 aromatic rings. The molecule has 0 radical (unpaired) electrons. The summed E-state index contributed by atoms with van der Waals surface area (Å²) in [6.07, 6.45) is 8.30. The van der Waals surface area contributed by atoms with E-state index >= 15 is 0 Å². The zero-order valence-corrected chi connectivity index (χ0v) is 16.9. The van der Waals surface area contributed by atoms with E-state index in [0.717, 1.165) is 30.4 Å². The third kappa shape index (κ3) is 4.41. The van der Waals surface area contributed by atoms with Gasteiger partial charge in [0.25, 0.3) is 5.91 Å². The van der Waals surface area contributed by atoms with Crippen molar-refractivity contribution in [1.82, 2.24) is 20.1 Å². The Morgan fingerprint density at radius 1 is 1.27 bits per heavy atom. The van der Waals surface area contributed by atoms with Gasteiger partial charge in [-0.05, 0) is 60.7 Å². The Hall–Kier alpha value is -3.06. The van der Waals surface area contributed by atoms with Gasteiger partial charge in [-0.15, -0.1) is 0 Å². The molecule has 2 heterocycles. The molecule has 1 fully saturated rings. The van der Waals surface area contributed by atoms with Crippen LogP contribution in [0.1, 0.15) is 52.9 Å². The zero-order chi connectivity index (χ0) is 21.1. The molecule has 0 saturated heterocycles. The Balaban J connectivity index is 1.51. The Kier molecular flexibility index (Phi) is 5.90. The van der Waals surface area contributed by atoms with Crippen LogP contribution < -0.4 is 5.32 Å². The lowest BCUT2D eigenvalue weighted by molar-refractivity contribution is 0.0713. The minimum absolute atomic E-state index is 0.245. The number of hydrogen-bond donors (Lipinski definition) is 2. The maximum Gasteiger partial charge on any atom is 0.270 e. The molecule has 0 bridgehead atoms. The first-order chi connectivity index (χ1) is 14.5. The molecule has 6 nitrogen and oxygen atoms in total. The van der Waals surface area contributed by atoms with Gasteiger partial charge in [0.15, 0.2) is 0 Å². The lowest BCUT2D eigenvalue weighted by Gasteiger charge is -2.28. The van der Waals surface area contributed by atoms with Crippen molar-refractivity contribution in [2.75, 3.05) is 0 Å². The number of pyridine rings is 1. The highest BCUT2D eigenvalue weighted by atomic mass is 19.1. The number of nitrogens with one attached hydrogen (secondary N) is 1. The molecule has 1 amide bonds. The quantitative estimate of drug-likeness (QED) is 0.679. The summed E-state index contributed by atoms with van der Waals surface area (Å²) in [6.45, 7) is 1.89. The molecular weight excluding hydrogens is 383 g/mol. The molecule has 0 unspecified atom stereocenters. The average molecular weight is 408 g/mol. The van der Waals surface area contributed by atoms with Crippen molar-refractivity contribution in [2.45, 2.75) is 51.2 Å². The molecule has 1 aromatic carbocycles. The number of nitrogens with zero attached hydrogens (tertiary/aromatic N) is 3. The summed E-state index contributed by atoms with van der Waals surface area (Å²) in [4.78, 5) is 16.9. The minimum Gasteiger partial charge on any atom is -0.391 e. The van der Waals surface area contributed by atoms with Gasteiger partial charge in [-0.2, -0.15) is 5.10 Å². The monoisotopic (exact) mass is 408 g/mol. The summed E-state index contributed by atoms with van der Waals surface area (Å²) in [7, 11) is 0. The highest BCUT2D eigenvalue weighted by Gasteiger charge is 2.25. The number of carbonyl (C=O) groups is 1. The van der Waals surface area contributed by atoms with Gasteiger partial charge in [0.2, 0.25) is 0 Å². The number of benzene rings is 1. The lowest BCUT2D eigenvalue weighted by Crippen LogP contribution is -2.45. The van der Waals surface area contributed by atoms with Crippen molar-refractivity contribution in [3.8, 4) is 5.69 Å². The predicted molar refractivity (Wildman–Crippen MR) is 111 cm³/mol. The van der Waals surface area contributed by atoms with E-state index in [0.29, 0.717) is 24.1 Å². The molecule has 1 saturated carbocycles. The van der Waals surface area contributed by atoms with Gasteiger partial charge in [0.05, 0.1) is 17.8 Å². The number of aliphatic hydroxyl groups is 1. The van der Waals surface area contributed by atoms with Crippen LogP contribution in [-0.4, -0.2) is 37.9 Å². The van der Waals surface area contributed by atoms with Crippen LogP contribution in [0.25, 0.3) is 5.69 Å². The van der Waals surface area contributed by atoms with Gasteiger partial charge >= 0.3 is 0 Å². The highest BCUT2D eigenvalue weighted by Crippen LogP contribution is 2.21. The number of halogens is 1. The largest absolute Gasteiger partial charge is 0.391 e. The summed E-state index contributed by atoms with van der Waals surface area (Å²) in [5.74, 6) is -0.632. The normalized spacial score (nSPS) is 18.9. The van der Waals surface area contributed by atoms with E-state index in [1.54, 1.807) is 41.5 Å². The molecule has 2 N–H and O–H groups in total. The van der Waals surface area contributed by atoms with Crippen LogP contribution in [0, 0.1) is 12.7 Å². The van der Waals surface area contributed by atoms with Crippen LogP contribution >= 0.6 is 0 Å². The van der Waals surface area contributed by atoms with Crippen molar-refractivity contribution in [3.05, 3.63) is 77.1 Å². The van der Waals surface area contributed by atoms with Crippen LogP contribution in [0.3, 0.4) is 0 Å². The van der Waals surface area contributed by atoms with E-state index in [9.17, 15) is 14.3 Å². The van der Waals surface area contributed by atoms with Crippen molar-refractivity contribution in [1.29, 1.82) is 0 Å². The minimum atomic E-state index is -0.519. The predicted octanol–water partition coefficient (Wildman–Crippen LogP) is 3.34. The second-order valence-electron chi connectivity index (χ2n) is 7.83. The van der Waals surface area contributed by atoms with Crippen LogP contribution in [0.15, 0.2) is 48.9 Å². The number of rotatable bonds is 5. The van der Waals surface area contributed by atoms with E-state index in [4.69, 9.17) is 0 Å². The fraction of sp³-hybridized carbons (Fsp3) is 0.348. The third-order valence-electron chi connectivity index (χ3n) is 5.68. The van der Waals surface area contributed by atoms with Gasteiger partial charge in [-0.3, -0.25) is 9.78 Å². The molecule has 30 heavy (non-hydrogen) atoms. The smallest absolute Gasteiger partial charge is 0.270 e. The standard InChI is InChI=1S/C23H25FN4O2/c1-15-14-25-21(23(30)27-20-5-2-3-6-22(20)29)12-17(15)11-16-7-8-18(13-19(16)24)28-10-4-9-26-28/h4,7-10,12-14,20,22,29H,2-3,5-6,11H2,1H3,(H,27,30)/t20-,22-/m0/s1. The second kappa shape index (κ2) is 8.75. The van der Waals surface area contributed by atoms with Crippen LogP contribution in [0.2, 0.25) is 0 Å². The van der Waals surface area contributed by atoms with E-state index in [1.807, 2.05) is 13.0 Å². The molecule has 1 aliphatic carbocycles. The molecule has 2 aromatic heterocycles. The van der Waals surface area contributed by atoms with Crippen LogP contribution in [-0.2, 0) is 6.42 Å². The van der Waals surface area contributed by atoms with Gasteiger partial charge in [-0.25, -0.2) is 9.07 Å². The Morgan fingerprint density at radius 3 is 2.83 bits per heavy atom. The van der Waals surface area contributed by atoms with E-state index in [1.165, 1.54) is 6.07 Å². The van der Waals surface area contributed by atoms with Crippen LogP contribution in [0.4, 0.5) is 4.39 Å². The highest BCUT2D eigenvalue weighted by molar-refractivity contribution is 5.92. The molecule has 0 aliphatic heterocycles. The first kappa shape index (κ1) is 20.2. The van der Waals surface area contributed by atoms with E-state index in [-0.39, 0.29) is 23.5 Å². The number of hydrogen-bond acceptors (Lipinski definition) is 4. The van der Waals surface area contributed by atoms with Gasteiger partial charge in [0.1, 0.15) is 11.5 Å². The van der Waals surface area contributed by atoms with Gasteiger partial charge in [-0.1, -0.05) is 18.9 Å². The van der Waals surface area contributed by atoms with Gasteiger partial charge < -0.3 is 10.4 Å². The van der Waals surface area contributed by atoms with Crippen molar-refractivity contribution in [2.24, 2.45) is 0 Å². The summed E-state index contributed by atoms with van der Waals surface area (Å²) >= 11 is 0. The average Bonchev–Trinajstić information content (AvgIpc) is 3.27. The molecule has 1 aliphatic rings. The molecular formula is C23H25FN4O2. The summed E-state index contributed by atoms with van der Waals surface area (Å²) in [5, 5.41) is 17.1. The number of aromatic nitrogens is 3. The molecule has 0 spiro atoms. The fourth-order valence-electron chi connectivity index (χ4n) is 3.85. The topological polar surface area (TPSA) is 80.0 Å². The maximum atomic E-state index is 14.7. The number of aliphatic hydroxyl groups excluding tert-OH is 1. The first-order valence-electron chi connectivity index (χ1n) is 10.2. The molecule has 156 valence electrons. The van der Waals surface area contributed by atoms with E-state index in [2.05, 4.69) is 15.4 Å². The number of aryl methyl sites for hydroxylation is 1. The second-order valence-corrected chi connectivity index (χ2v) is 7.83. The summed E-state index contributed by atoms with van der Waals surface area (Å²) in [5.41, 5.74) is 3.19. The Labute approximate surface area is 174 Å². The maximum absolute atomic E-state index is 14.7. The van der Waals surface area contributed by atoms with Crippen molar-refractivity contribution >= 4 is 5.91 Å². The third-order valence-corrected chi connectivity index (χ3v) is 5.68.